The minimum absolute atomic E-state index is 0.000558. The van der Waals surface area contributed by atoms with Crippen molar-refractivity contribution in [2.24, 2.45) is 0 Å². The van der Waals surface area contributed by atoms with Crippen molar-refractivity contribution in [2.45, 2.75) is 0 Å². The summed E-state index contributed by atoms with van der Waals surface area (Å²) in [5, 5.41) is 20.6. The highest BCUT2D eigenvalue weighted by Gasteiger charge is 2.19. The van der Waals surface area contributed by atoms with Crippen LogP contribution in [0.3, 0.4) is 0 Å². The van der Waals surface area contributed by atoms with Crippen molar-refractivity contribution in [2.75, 3.05) is 21.3 Å². The average molecular weight is 250 g/mol. The average Bonchev–Trinajstić information content (AvgIpc) is 2.40. The van der Waals surface area contributed by atoms with E-state index in [0.717, 1.165) is 0 Å². The Bertz CT molecular complexity index is 592. The van der Waals surface area contributed by atoms with Gasteiger partial charge in [0.25, 0.3) is 0 Å². The lowest BCUT2D eigenvalue weighted by molar-refractivity contribution is 0.352. The number of benzene rings is 2. The van der Waals surface area contributed by atoms with Crippen molar-refractivity contribution in [3.63, 3.8) is 0 Å². The largest absolute Gasteiger partial charge is 0.507 e. The van der Waals surface area contributed by atoms with Gasteiger partial charge >= 0.3 is 0 Å². The molecule has 0 aliphatic carbocycles. The predicted molar refractivity (Wildman–Crippen MR) is 66.9 cm³/mol. The van der Waals surface area contributed by atoms with Crippen LogP contribution in [0.5, 0.6) is 28.7 Å². The highest BCUT2D eigenvalue weighted by atomic mass is 16.5. The third-order valence-corrected chi connectivity index (χ3v) is 2.76. The molecule has 0 atom stereocenters. The molecule has 2 aromatic rings. The first-order valence-electron chi connectivity index (χ1n) is 5.27. The molecule has 0 heterocycles. The summed E-state index contributed by atoms with van der Waals surface area (Å²) >= 11 is 0. The highest BCUT2D eigenvalue weighted by Crippen LogP contribution is 2.48. The normalized spacial score (nSPS) is 10.4. The van der Waals surface area contributed by atoms with Crippen LogP contribution < -0.4 is 14.2 Å². The maximum Gasteiger partial charge on any atom is 0.172 e. The molecule has 0 bridgehead atoms. The number of hydrogen-bond acceptors (Lipinski definition) is 5. The summed E-state index contributed by atoms with van der Waals surface area (Å²) in [5.74, 6) is 1.15. The fraction of sp³-hybridized carbons (Fsp3) is 0.231. The number of rotatable bonds is 3. The topological polar surface area (TPSA) is 68.2 Å². The number of hydrogen-bond donors (Lipinski definition) is 2. The van der Waals surface area contributed by atoms with E-state index in [2.05, 4.69) is 0 Å². The number of fused-ring (bicyclic) bond motifs is 1. The molecule has 0 aliphatic rings. The molecule has 0 aliphatic heterocycles. The highest BCUT2D eigenvalue weighted by molar-refractivity contribution is 6.03. The maximum atomic E-state index is 9.95. The standard InChI is InChI=1S/C13H14O5/c1-16-9-6-10(17-2)13(18-3)12-8(15)5-4-7(14)11(9)12/h4-6,14-15H,1-3H3. The van der Waals surface area contributed by atoms with Gasteiger partial charge in [0.05, 0.1) is 32.1 Å². The first-order valence-corrected chi connectivity index (χ1v) is 5.27. The second-order valence-corrected chi connectivity index (χ2v) is 3.67. The van der Waals surface area contributed by atoms with Crippen LogP contribution >= 0.6 is 0 Å². The Hall–Kier alpha value is -2.30. The number of phenols is 2. The van der Waals surface area contributed by atoms with Gasteiger partial charge in [-0.15, -0.1) is 0 Å². The van der Waals surface area contributed by atoms with Crippen molar-refractivity contribution in [3.05, 3.63) is 18.2 Å². The van der Waals surface area contributed by atoms with Gasteiger partial charge in [-0.3, -0.25) is 0 Å². The zero-order valence-corrected chi connectivity index (χ0v) is 10.4. The molecule has 5 nitrogen and oxygen atoms in total. The molecule has 18 heavy (non-hydrogen) atoms. The van der Waals surface area contributed by atoms with Crippen LogP contribution in [0.25, 0.3) is 10.8 Å². The van der Waals surface area contributed by atoms with Crippen LogP contribution in [0.4, 0.5) is 0 Å². The van der Waals surface area contributed by atoms with Crippen LogP contribution in [0.15, 0.2) is 18.2 Å². The Morgan fingerprint density at radius 2 is 1.33 bits per heavy atom. The van der Waals surface area contributed by atoms with Crippen molar-refractivity contribution in [1.82, 2.24) is 0 Å². The first-order chi connectivity index (χ1) is 8.63. The minimum atomic E-state index is -0.0168. The summed E-state index contributed by atoms with van der Waals surface area (Å²) in [6.45, 7) is 0. The number of methoxy groups -OCH3 is 3. The molecule has 0 amide bonds. The van der Waals surface area contributed by atoms with Gasteiger partial charge in [0, 0.05) is 6.07 Å². The molecule has 0 spiro atoms. The maximum absolute atomic E-state index is 9.95. The fourth-order valence-electron chi connectivity index (χ4n) is 1.96. The molecule has 0 saturated carbocycles. The first kappa shape index (κ1) is 12.2. The smallest absolute Gasteiger partial charge is 0.172 e. The van der Waals surface area contributed by atoms with Crippen LogP contribution in [0, 0.1) is 0 Å². The molecule has 2 aromatic carbocycles. The van der Waals surface area contributed by atoms with E-state index in [4.69, 9.17) is 14.2 Å². The molecule has 0 radical (unpaired) electrons. The number of ether oxygens (including phenoxy) is 3. The number of phenolic OH excluding ortho intramolecular Hbond substituents is 2. The summed E-state index contributed by atoms with van der Waals surface area (Å²) in [4.78, 5) is 0. The third-order valence-electron chi connectivity index (χ3n) is 2.76. The van der Waals surface area contributed by atoms with Crippen molar-refractivity contribution in [3.8, 4) is 28.7 Å². The monoisotopic (exact) mass is 250 g/mol. The van der Waals surface area contributed by atoms with Crippen molar-refractivity contribution < 1.29 is 24.4 Å². The van der Waals surface area contributed by atoms with Crippen molar-refractivity contribution in [1.29, 1.82) is 0 Å². The quantitative estimate of drug-likeness (QED) is 0.818. The van der Waals surface area contributed by atoms with E-state index >= 15 is 0 Å². The molecular weight excluding hydrogens is 236 g/mol. The molecule has 0 unspecified atom stereocenters. The Kier molecular flexibility index (Phi) is 3.06. The molecule has 0 aromatic heterocycles. The Balaban J connectivity index is 2.99. The fourth-order valence-corrected chi connectivity index (χ4v) is 1.96. The lowest BCUT2D eigenvalue weighted by atomic mass is 10.1. The molecule has 0 fully saturated rings. The second-order valence-electron chi connectivity index (χ2n) is 3.67. The van der Waals surface area contributed by atoms with E-state index in [-0.39, 0.29) is 11.5 Å². The molecule has 5 heteroatoms. The minimum Gasteiger partial charge on any atom is -0.507 e. The van der Waals surface area contributed by atoms with Gasteiger partial charge in [0.2, 0.25) is 0 Å². The lowest BCUT2D eigenvalue weighted by Crippen LogP contribution is -1.95. The molecule has 0 saturated heterocycles. The van der Waals surface area contributed by atoms with E-state index in [9.17, 15) is 10.2 Å². The third kappa shape index (κ3) is 1.64. The predicted octanol–water partition coefficient (Wildman–Crippen LogP) is 2.28. The van der Waals surface area contributed by atoms with Gasteiger partial charge in [0.15, 0.2) is 11.5 Å². The van der Waals surface area contributed by atoms with Gasteiger partial charge < -0.3 is 24.4 Å². The van der Waals surface area contributed by atoms with E-state index in [1.54, 1.807) is 6.07 Å². The molecule has 2 N–H and O–H groups in total. The Labute approximate surface area is 104 Å². The zero-order chi connectivity index (χ0) is 13.3. The molecule has 96 valence electrons. The summed E-state index contributed by atoms with van der Waals surface area (Å²) in [6, 6.07) is 4.38. The van der Waals surface area contributed by atoms with E-state index in [1.807, 2.05) is 0 Å². The van der Waals surface area contributed by atoms with Gasteiger partial charge in [-0.05, 0) is 12.1 Å². The van der Waals surface area contributed by atoms with Crippen LogP contribution in [0.2, 0.25) is 0 Å². The summed E-state index contributed by atoms with van der Waals surface area (Å²) < 4.78 is 15.6. The number of aromatic hydroxyl groups is 2. The van der Waals surface area contributed by atoms with E-state index in [1.165, 1.54) is 33.5 Å². The van der Waals surface area contributed by atoms with Crippen molar-refractivity contribution >= 4 is 10.8 Å². The van der Waals surface area contributed by atoms with Crippen LogP contribution in [0.1, 0.15) is 0 Å². The summed E-state index contributed by atoms with van der Waals surface area (Å²) in [5.41, 5.74) is 0. The van der Waals surface area contributed by atoms with Crippen LogP contribution in [-0.4, -0.2) is 31.5 Å². The van der Waals surface area contributed by atoms with Crippen LogP contribution in [-0.2, 0) is 0 Å². The second kappa shape index (κ2) is 4.52. The SMILES string of the molecule is COc1cc(OC)c2c(O)ccc(O)c2c1OC. The van der Waals surface area contributed by atoms with Gasteiger partial charge in [0.1, 0.15) is 17.2 Å². The lowest BCUT2D eigenvalue weighted by Gasteiger charge is -2.15. The molecule has 2 rings (SSSR count). The molecular formula is C13H14O5. The Morgan fingerprint density at radius 1 is 0.778 bits per heavy atom. The van der Waals surface area contributed by atoms with E-state index in [0.29, 0.717) is 28.0 Å². The Morgan fingerprint density at radius 3 is 1.83 bits per heavy atom. The van der Waals surface area contributed by atoms with Gasteiger partial charge in [-0.1, -0.05) is 0 Å². The summed E-state index contributed by atoms with van der Waals surface area (Å²) in [7, 11) is 4.43. The summed E-state index contributed by atoms with van der Waals surface area (Å²) in [6.07, 6.45) is 0. The van der Waals surface area contributed by atoms with Gasteiger partial charge in [-0.2, -0.15) is 0 Å². The van der Waals surface area contributed by atoms with E-state index < -0.39 is 0 Å². The van der Waals surface area contributed by atoms with Gasteiger partial charge in [-0.25, -0.2) is 0 Å². The zero-order valence-electron chi connectivity index (χ0n) is 10.4.